The van der Waals surface area contributed by atoms with Gasteiger partial charge in [0.05, 0.1) is 6.42 Å². The molecule has 110 valence electrons. The molecule has 3 rings (SSSR count). The molecule has 1 N–H and O–H groups in total. The van der Waals surface area contributed by atoms with Crippen molar-refractivity contribution in [3.8, 4) is 0 Å². The van der Waals surface area contributed by atoms with Crippen LogP contribution in [-0.4, -0.2) is 5.91 Å². The van der Waals surface area contributed by atoms with Crippen LogP contribution < -0.4 is 10.7 Å². The van der Waals surface area contributed by atoms with Gasteiger partial charge in [-0.3, -0.25) is 9.59 Å². The van der Waals surface area contributed by atoms with E-state index >= 15 is 0 Å². The topological polar surface area (TPSA) is 46.2 Å². The van der Waals surface area contributed by atoms with E-state index in [-0.39, 0.29) is 17.8 Å². The zero-order chi connectivity index (χ0) is 15.5. The van der Waals surface area contributed by atoms with Gasteiger partial charge in [0.2, 0.25) is 5.91 Å². The summed E-state index contributed by atoms with van der Waals surface area (Å²) in [6.07, 6.45) is 0.207. The second-order valence-corrected chi connectivity index (χ2v) is 6.33. The highest BCUT2D eigenvalue weighted by molar-refractivity contribution is 7.18. The van der Waals surface area contributed by atoms with Crippen molar-refractivity contribution >= 4 is 33.0 Å². The number of hydrogen-bond acceptors (Lipinski definition) is 3. The van der Waals surface area contributed by atoms with Crippen LogP contribution in [0, 0.1) is 6.92 Å². The number of nitrogens with one attached hydrogen (secondary N) is 1. The number of rotatable bonds is 3. The number of aryl methyl sites for hydroxylation is 1. The molecule has 0 saturated carbocycles. The summed E-state index contributed by atoms with van der Waals surface area (Å²) < 4.78 is 0.910. The molecular weight excluding hydrogens is 294 g/mol. The molecule has 0 atom stereocenters. The van der Waals surface area contributed by atoms with Crippen molar-refractivity contribution in [1.82, 2.24) is 0 Å². The van der Waals surface area contributed by atoms with E-state index < -0.39 is 0 Å². The standard InChI is InChI=1S/C18H15NO2S/c1-12-6-8-13(9-7-12)19-18(21)11-14-10-16(20)15-4-2-3-5-17(15)22-14/h2-10H,11H2,1H3,(H,19,21). The van der Waals surface area contributed by atoms with E-state index in [9.17, 15) is 9.59 Å². The third-order valence-corrected chi connectivity index (χ3v) is 4.46. The summed E-state index contributed by atoms with van der Waals surface area (Å²) in [5, 5.41) is 3.55. The first kappa shape index (κ1) is 14.5. The van der Waals surface area contributed by atoms with Crippen molar-refractivity contribution in [2.75, 3.05) is 5.32 Å². The monoisotopic (exact) mass is 309 g/mol. The molecular formula is C18H15NO2S. The van der Waals surface area contributed by atoms with E-state index in [4.69, 9.17) is 0 Å². The SMILES string of the molecule is Cc1ccc(NC(=O)Cc2cc(=O)c3ccccc3s2)cc1. The number of amides is 1. The summed E-state index contributed by atoms with van der Waals surface area (Å²) in [7, 11) is 0. The van der Waals surface area contributed by atoms with Crippen LogP contribution in [0.1, 0.15) is 10.4 Å². The molecule has 22 heavy (non-hydrogen) atoms. The lowest BCUT2D eigenvalue weighted by molar-refractivity contribution is -0.115. The molecule has 0 aliphatic rings. The van der Waals surface area contributed by atoms with Gasteiger partial charge in [-0.2, -0.15) is 0 Å². The molecule has 1 aromatic heterocycles. The largest absolute Gasteiger partial charge is 0.326 e. The Bertz CT molecular complexity index is 881. The van der Waals surface area contributed by atoms with E-state index in [1.54, 1.807) is 6.07 Å². The van der Waals surface area contributed by atoms with Crippen molar-refractivity contribution in [2.24, 2.45) is 0 Å². The summed E-state index contributed by atoms with van der Waals surface area (Å²) in [5.74, 6) is -0.116. The molecule has 4 heteroatoms. The van der Waals surface area contributed by atoms with Gasteiger partial charge in [-0.15, -0.1) is 11.3 Å². The van der Waals surface area contributed by atoms with Crippen molar-refractivity contribution < 1.29 is 4.79 Å². The summed E-state index contributed by atoms with van der Waals surface area (Å²) >= 11 is 1.48. The zero-order valence-electron chi connectivity index (χ0n) is 12.1. The molecule has 0 aliphatic heterocycles. The number of carbonyl (C=O) groups excluding carboxylic acids is 1. The van der Waals surface area contributed by atoms with Gasteiger partial charge in [0, 0.05) is 20.7 Å². The smallest absolute Gasteiger partial charge is 0.229 e. The minimum atomic E-state index is -0.116. The summed E-state index contributed by atoms with van der Waals surface area (Å²) in [6.45, 7) is 2.00. The summed E-state index contributed by atoms with van der Waals surface area (Å²) in [5.41, 5.74) is 1.88. The Morgan fingerprint density at radius 3 is 2.59 bits per heavy atom. The van der Waals surface area contributed by atoms with Gasteiger partial charge >= 0.3 is 0 Å². The van der Waals surface area contributed by atoms with E-state index in [0.29, 0.717) is 5.39 Å². The molecule has 0 bridgehead atoms. The Morgan fingerprint density at radius 2 is 1.82 bits per heavy atom. The summed E-state index contributed by atoms with van der Waals surface area (Å²) in [4.78, 5) is 24.9. The third kappa shape index (κ3) is 3.23. The van der Waals surface area contributed by atoms with E-state index in [0.717, 1.165) is 20.8 Å². The molecule has 1 heterocycles. The van der Waals surface area contributed by atoms with E-state index in [1.165, 1.54) is 11.3 Å². The Balaban J connectivity index is 1.79. The fourth-order valence-electron chi connectivity index (χ4n) is 2.24. The van der Waals surface area contributed by atoms with Crippen molar-refractivity contribution in [3.05, 3.63) is 75.3 Å². The maximum Gasteiger partial charge on any atom is 0.229 e. The third-order valence-electron chi connectivity index (χ3n) is 3.36. The normalized spacial score (nSPS) is 10.6. The van der Waals surface area contributed by atoms with Crippen molar-refractivity contribution in [2.45, 2.75) is 13.3 Å². The molecule has 0 saturated heterocycles. The fourth-order valence-corrected chi connectivity index (χ4v) is 3.32. The maximum atomic E-state index is 12.1. The highest BCUT2D eigenvalue weighted by Gasteiger charge is 2.08. The Hall–Kier alpha value is -2.46. The number of benzene rings is 2. The molecule has 0 unspecified atom stereocenters. The van der Waals surface area contributed by atoms with E-state index in [1.807, 2.05) is 55.5 Å². The average Bonchev–Trinajstić information content (AvgIpc) is 2.49. The van der Waals surface area contributed by atoms with Crippen LogP contribution in [0.4, 0.5) is 5.69 Å². The second-order valence-electron chi connectivity index (χ2n) is 5.16. The lowest BCUT2D eigenvalue weighted by Crippen LogP contribution is -2.15. The first-order valence-corrected chi connectivity index (χ1v) is 7.82. The number of carbonyl (C=O) groups is 1. The van der Waals surface area contributed by atoms with Crippen LogP contribution in [-0.2, 0) is 11.2 Å². The number of fused-ring (bicyclic) bond motifs is 1. The van der Waals surface area contributed by atoms with Crippen LogP contribution >= 0.6 is 11.3 Å². The lowest BCUT2D eigenvalue weighted by atomic mass is 10.2. The predicted octanol–water partition coefficient (Wildman–Crippen LogP) is 3.75. The molecule has 0 fully saturated rings. The lowest BCUT2D eigenvalue weighted by Gasteiger charge is -2.06. The number of hydrogen-bond donors (Lipinski definition) is 1. The minimum absolute atomic E-state index is 0.0347. The van der Waals surface area contributed by atoms with Gasteiger partial charge in [-0.05, 0) is 37.3 Å². The molecule has 0 spiro atoms. The molecule has 3 aromatic rings. The molecule has 0 aliphatic carbocycles. The summed E-state index contributed by atoms with van der Waals surface area (Å²) in [6, 6.07) is 16.7. The first-order valence-electron chi connectivity index (χ1n) is 7.00. The Morgan fingerprint density at radius 1 is 1.09 bits per heavy atom. The van der Waals surface area contributed by atoms with Crippen LogP contribution in [0.5, 0.6) is 0 Å². The minimum Gasteiger partial charge on any atom is -0.326 e. The van der Waals surface area contributed by atoms with Gasteiger partial charge in [-0.25, -0.2) is 0 Å². The highest BCUT2D eigenvalue weighted by atomic mass is 32.1. The van der Waals surface area contributed by atoms with E-state index in [2.05, 4.69) is 5.32 Å². The Labute approximate surface area is 132 Å². The van der Waals surface area contributed by atoms with Gasteiger partial charge in [0.15, 0.2) is 5.43 Å². The average molecular weight is 309 g/mol. The first-order chi connectivity index (χ1) is 10.6. The van der Waals surface area contributed by atoms with Crippen LogP contribution in [0.15, 0.2) is 59.4 Å². The molecule has 2 aromatic carbocycles. The second kappa shape index (κ2) is 6.12. The highest BCUT2D eigenvalue weighted by Crippen LogP contribution is 2.19. The molecule has 3 nitrogen and oxygen atoms in total. The quantitative estimate of drug-likeness (QED) is 0.801. The Kier molecular flexibility index (Phi) is 4.02. The van der Waals surface area contributed by atoms with Gasteiger partial charge < -0.3 is 5.32 Å². The van der Waals surface area contributed by atoms with Gasteiger partial charge in [-0.1, -0.05) is 29.8 Å². The number of anilines is 1. The van der Waals surface area contributed by atoms with Gasteiger partial charge in [0.1, 0.15) is 0 Å². The fraction of sp³-hybridized carbons (Fsp3) is 0.111. The maximum absolute atomic E-state index is 12.1. The molecule has 0 radical (unpaired) electrons. The van der Waals surface area contributed by atoms with Gasteiger partial charge in [0.25, 0.3) is 0 Å². The van der Waals surface area contributed by atoms with Crippen molar-refractivity contribution in [3.63, 3.8) is 0 Å². The van der Waals surface area contributed by atoms with Crippen molar-refractivity contribution in [1.29, 1.82) is 0 Å². The van der Waals surface area contributed by atoms with Crippen LogP contribution in [0.2, 0.25) is 0 Å². The molecule has 1 amide bonds. The zero-order valence-corrected chi connectivity index (χ0v) is 12.9. The van der Waals surface area contributed by atoms with Crippen LogP contribution in [0.25, 0.3) is 10.1 Å². The predicted molar refractivity (Wildman–Crippen MR) is 91.6 cm³/mol. The van der Waals surface area contributed by atoms with Crippen LogP contribution in [0.3, 0.4) is 0 Å².